The van der Waals surface area contributed by atoms with Crippen LogP contribution in [-0.2, 0) is 15.0 Å². The Morgan fingerprint density at radius 1 is 0.842 bits per heavy atom. The van der Waals surface area contributed by atoms with Gasteiger partial charge in [-0.2, -0.15) is 0 Å². The van der Waals surface area contributed by atoms with E-state index in [2.05, 4.69) is 9.97 Å². The highest BCUT2D eigenvalue weighted by atomic mass is 16.4. The molecule has 2 rings (SSSR count). The predicted octanol–water partition coefficient (Wildman–Crippen LogP) is 0.932. The van der Waals surface area contributed by atoms with Crippen molar-refractivity contribution in [3.63, 3.8) is 0 Å². The first kappa shape index (κ1) is 12.7. The van der Waals surface area contributed by atoms with Crippen LogP contribution in [0, 0.1) is 0 Å². The van der Waals surface area contributed by atoms with E-state index in [4.69, 9.17) is 0 Å². The largest absolute Gasteiger partial charge is 0.480 e. The molecule has 2 aromatic heterocycles. The van der Waals surface area contributed by atoms with E-state index in [0.29, 0.717) is 0 Å². The van der Waals surface area contributed by atoms with E-state index in [-0.39, 0.29) is 11.4 Å². The standard InChI is InChI=1S/C13H10N2O4/c16-11(17)13(12(18)19,9-5-1-3-7-14-9)10-6-2-4-8-15-10/h1-8H,(H,16,17)(H,18,19). The van der Waals surface area contributed by atoms with E-state index in [1.54, 1.807) is 12.1 Å². The van der Waals surface area contributed by atoms with Crippen LogP contribution in [0.2, 0.25) is 0 Å². The maximum absolute atomic E-state index is 11.6. The van der Waals surface area contributed by atoms with Gasteiger partial charge < -0.3 is 10.2 Å². The number of hydrogen-bond donors (Lipinski definition) is 2. The Morgan fingerprint density at radius 3 is 1.53 bits per heavy atom. The van der Waals surface area contributed by atoms with Crippen molar-refractivity contribution in [3.8, 4) is 0 Å². The zero-order valence-corrected chi connectivity index (χ0v) is 9.72. The maximum Gasteiger partial charge on any atom is 0.333 e. The molecule has 19 heavy (non-hydrogen) atoms. The molecular formula is C13H10N2O4. The van der Waals surface area contributed by atoms with Crippen molar-refractivity contribution < 1.29 is 19.8 Å². The number of rotatable bonds is 4. The minimum Gasteiger partial charge on any atom is -0.480 e. The van der Waals surface area contributed by atoms with Crippen LogP contribution in [0.1, 0.15) is 11.4 Å². The third-order valence-corrected chi connectivity index (χ3v) is 2.74. The summed E-state index contributed by atoms with van der Waals surface area (Å²) >= 11 is 0. The summed E-state index contributed by atoms with van der Waals surface area (Å²) in [4.78, 5) is 30.9. The van der Waals surface area contributed by atoms with Crippen molar-refractivity contribution in [2.75, 3.05) is 0 Å². The molecule has 96 valence electrons. The molecule has 0 amide bonds. The molecule has 0 saturated carbocycles. The summed E-state index contributed by atoms with van der Waals surface area (Å²) in [5, 5.41) is 18.9. The van der Waals surface area contributed by atoms with E-state index in [1.807, 2.05) is 0 Å². The first-order valence-corrected chi connectivity index (χ1v) is 5.40. The lowest BCUT2D eigenvalue weighted by molar-refractivity contribution is -0.155. The summed E-state index contributed by atoms with van der Waals surface area (Å²) in [6.07, 6.45) is 2.69. The monoisotopic (exact) mass is 258 g/mol. The van der Waals surface area contributed by atoms with E-state index in [9.17, 15) is 19.8 Å². The average Bonchev–Trinajstić information content (AvgIpc) is 2.41. The van der Waals surface area contributed by atoms with Crippen LogP contribution in [0.25, 0.3) is 0 Å². The van der Waals surface area contributed by atoms with Gasteiger partial charge in [-0.15, -0.1) is 0 Å². The van der Waals surface area contributed by atoms with Gasteiger partial charge in [-0.3, -0.25) is 19.6 Å². The Balaban J connectivity index is 2.77. The van der Waals surface area contributed by atoms with Crippen LogP contribution in [0.4, 0.5) is 0 Å². The third kappa shape index (κ3) is 1.93. The summed E-state index contributed by atoms with van der Waals surface area (Å²) in [6.45, 7) is 0. The minimum absolute atomic E-state index is 0.0892. The number of aliphatic carboxylic acids is 2. The molecule has 0 aliphatic heterocycles. The minimum atomic E-state index is -2.30. The number of aromatic nitrogens is 2. The molecule has 6 nitrogen and oxygen atoms in total. The van der Waals surface area contributed by atoms with Gasteiger partial charge in [0.2, 0.25) is 5.41 Å². The SMILES string of the molecule is O=C(O)C(C(=O)O)(c1ccccn1)c1ccccn1. The van der Waals surface area contributed by atoms with Gasteiger partial charge in [0, 0.05) is 12.4 Å². The second kappa shape index (κ2) is 4.85. The van der Waals surface area contributed by atoms with Gasteiger partial charge in [-0.25, -0.2) is 0 Å². The fourth-order valence-electron chi connectivity index (χ4n) is 1.83. The smallest absolute Gasteiger partial charge is 0.333 e. The Morgan fingerprint density at radius 2 is 1.26 bits per heavy atom. The Hall–Kier alpha value is -2.76. The zero-order valence-electron chi connectivity index (χ0n) is 9.72. The lowest BCUT2D eigenvalue weighted by Crippen LogP contribution is -2.46. The predicted molar refractivity (Wildman–Crippen MR) is 64.5 cm³/mol. The highest BCUT2D eigenvalue weighted by molar-refractivity contribution is 6.07. The molecule has 0 aliphatic rings. The first-order valence-electron chi connectivity index (χ1n) is 5.40. The van der Waals surface area contributed by atoms with Gasteiger partial charge >= 0.3 is 11.9 Å². The molecule has 0 aromatic carbocycles. The van der Waals surface area contributed by atoms with Crippen LogP contribution in [0.15, 0.2) is 48.8 Å². The molecule has 0 spiro atoms. The molecule has 0 fully saturated rings. The number of nitrogens with zero attached hydrogens (tertiary/aromatic N) is 2. The van der Waals surface area contributed by atoms with E-state index in [0.717, 1.165) is 0 Å². The van der Waals surface area contributed by atoms with E-state index < -0.39 is 17.4 Å². The Bertz CT molecular complexity index is 543. The van der Waals surface area contributed by atoms with E-state index >= 15 is 0 Å². The van der Waals surface area contributed by atoms with Crippen LogP contribution in [-0.4, -0.2) is 32.1 Å². The summed E-state index contributed by atoms with van der Waals surface area (Å²) < 4.78 is 0. The van der Waals surface area contributed by atoms with Crippen LogP contribution < -0.4 is 0 Å². The van der Waals surface area contributed by atoms with Crippen molar-refractivity contribution in [1.82, 2.24) is 9.97 Å². The van der Waals surface area contributed by atoms with Crippen molar-refractivity contribution in [1.29, 1.82) is 0 Å². The number of pyridine rings is 2. The molecule has 0 radical (unpaired) electrons. The van der Waals surface area contributed by atoms with Crippen LogP contribution in [0.5, 0.6) is 0 Å². The van der Waals surface area contributed by atoms with Crippen molar-refractivity contribution in [2.45, 2.75) is 5.41 Å². The zero-order chi connectivity index (χ0) is 13.9. The summed E-state index contributed by atoms with van der Waals surface area (Å²) in [5.74, 6) is -3.06. The van der Waals surface area contributed by atoms with Gasteiger partial charge in [-0.05, 0) is 24.3 Å². The van der Waals surface area contributed by atoms with E-state index in [1.165, 1.54) is 36.7 Å². The highest BCUT2D eigenvalue weighted by Gasteiger charge is 2.52. The fourth-order valence-corrected chi connectivity index (χ4v) is 1.83. The summed E-state index contributed by atoms with van der Waals surface area (Å²) in [7, 11) is 0. The normalized spacial score (nSPS) is 10.9. The third-order valence-electron chi connectivity index (χ3n) is 2.74. The van der Waals surface area contributed by atoms with Gasteiger partial charge in [0.25, 0.3) is 0 Å². The van der Waals surface area contributed by atoms with Crippen LogP contribution in [0.3, 0.4) is 0 Å². The highest BCUT2D eigenvalue weighted by Crippen LogP contribution is 2.30. The topological polar surface area (TPSA) is 100 Å². The maximum atomic E-state index is 11.6. The molecule has 2 heterocycles. The first-order chi connectivity index (χ1) is 9.10. The quantitative estimate of drug-likeness (QED) is 0.791. The lowest BCUT2D eigenvalue weighted by Gasteiger charge is -2.23. The van der Waals surface area contributed by atoms with Crippen molar-refractivity contribution in [3.05, 3.63) is 60.2 Å². The van der Waals surface area contributed by atoms with Crippen molar-refractivity contribution >= 4 is 11.9 Å². The Labute approximate surface area is 108 Å². The number of carbonyl (C=O) groups is 2. The average molecular weight is 258 g/mol. The lowest BCUT2D eigenvalue weighted by atomic mass is 9.80. The molecule has 0 aliphatic carbocycles. The Kier molecular flexibility index (Phi) is 3.24. The molecule has 0 bridgehead atoms. The van der Waals surface area contributed by atoms with Gasteiger partial charge in [0.05, 0.1) is 11.4 Å². The summed E-state index contributed by atoms with van der Waals surface area (Å²) in [5.41, 5.74) is -2.48. The second-order valence-electron chi connectivity index (χ2n) is 3.79. The second-order valence-corrected chi connectivity index (χ2v) is 3.79. The molecule has 0 atom stereocenters. The molecule has 0 unspecified atom stereocenters. The molecule has 2 aromatic rings. The molecule has 2 N–H and O–H groups in total. The van der Waals surface area contributed by atoms with Crippen molar-refractivity contribution in [2.24, 2.45) is 0 Å². The number of hydrogen-bond acceptors (Lipinski definition) is 4. The van der Waals surface area contributed by atoms with Gasteiger partial charge in [-0.1, -0.05) is 12.1 Å². The number of carboxylic acids is 2. The fraction of sp³-hybridized carbons (Fsp3) is 0.0769. The number of carboxylic acid groups (broad SMARTS) is 2. The van der Waals surface area contributed by atoms with Gasteiger partial charge in [0.1, 0.15) is 0 Å². The molecule has 0 saturated heterocycles. The van der Waals surface area contributed by atoms with Gasteiger partial charge in [0.15, 0.2) is 0 Å². The molecular weight excluding hydrogens is 248 g/mol. The summed E-state index contributed by atoms with van der Waals surface area (Å²) in [6, 6.07) is 8.94. The van der Waals surface area contributed by atoms with Crippen LogP contribution >= 0.6 is 0 Å². The molecule has 6 heteroatoms.